The Labute approximate surface area is 152 Å². The van der Waals surface area contributed by atoms with E-state index in [1.807, 2.05) is 0 Å². The van der Waals surface area contributed by atoms with Crippen molar-refractivity contribution in [3.05, 3.63) is 48.1 Å². The van der Waals surface area contributed by atoms with Gasteiger partial charge < -0.3 is 4.74 Å². The van der Waals surface area contributed by atoms with Crippen LogP contribution in [0.3, 0.4) is 0 Å². The van der Waals surface area contributed by atoms with Crippen LogP contribution in [-0.2, 0) is 4.74 Å². The van der Waals surface area contributed by atoms with E-state index in [0.29, 0.717) is 24.2 Å². The van der Waals surface area contributed by atoms with Gasteiger partial charge in [-0.3, -0.25) is 4.90 Å². The molecule has 2 aromatic rings. The van der Waals surface area contributed by atoms with Gasteiger partial charge in [0.05, 0.1) is 11.8 Å². The molecule has 1 aliphatic heterocycles. The summed E-state index contributed by atoms with van der Waals surface area (Å²) in [7, 11) is 0. The summed E-state index contributed by atoms with van der Waals surface area (Å²) < 4.78 is 34.7. The Morgan fingerprint density at radius 2 is 2.04 bits per heavy atom. The molecule has 1 aromatic carbocycles. The van der Waals surface area contributed by atoms with Crippen molar-refractivity contribution in [3.8, 4) is 0 Å². The van der Waals surface area contributed by atoms with Crippen molar-refractivity contribution in [2.75, 3.05) is 26.2 Å². The van der Waals surface area contributed by atoms with Gasteiger partial charge in [-0.15, -0.1) is 0 Å². The van der Waals surface area contributed by atoms with Crippen LogP contribution in [0.5, 0.6) is 0 Å². The van der Waals surface area contributed by atoms with Gasteiger partial charge in [0.2, 0.25) is 0 Å². The minimum absolute atomic E-state index is 0.197. The van der Waals surface area contributed by atoms with Gasteiger partial charge in [0.15, 0.2) is 0 Å². The summed E-state index contributed by atoms with van der Waals surface area (Å²) in [5, 5.41) is 3.99. The van der Waals surface area contributed by atoms with E-state index >= 15 is 0 Å². The largest absolute Gasteiger partial charge is 0.490 e. The monoisotopic (exact) mass is 362 g/mol. The molecule has 0 amide bonds. The number of likely N-dealkylation sites (tertiary alicyclic amines) is 1. The SMILES string of the molecule is CC1CC(C)CN(CCO/C(=C/n2cncn2)c2ccc(F)cc2F)C1. The van der Waals surface area contributed by atoms with Crippen molar-refractivity contribution in [2.24, 2.45) is 11.8 Å². The van der Waals surface area contributed by atoms with Gasteiger partial charge in [-0.2, -0.15) is 5.10 Å². The number of aromatic nitrogens is 3. The van der Waals surface area contributed by atoms with Crippen LogP contribution in [-0.4, -0.2) is 45.9 Å². The molecule has 1 aliphatic rings. The molecule has 1 aromatic heterocycles. The lowest BCUT2D eigenvalue weighted by atomic mass is 9.92. The maximum atomic E-state index is 14.2. The molecule has 3 rings (SSSR count). The molecule has 0 radical (unpaired) electrons. The lowest BCUT2D eigenvalue weighted by molar-refractivity contribution is 0.114. The van der Waals surface area contributed by atoms with E-state index in [1.54, 1.807) is 6.20 Å². The van der Waals surface area contributed by atoms with Crippen molar-refractivity contribution in [1.29, 1.82) is 0 Å². The van der Waals surface area contributed by atoms with E-state index < -0.39 is 11.6 Å². The average Bonchev–Trinajstić information content (AvgIpc) is 3.06. The van der Waals surface area contributed by atoms with E-state index in [2.05, 4.69) is 28.8 Å². The second kappa shape index (κ2) is 8.40. The van der Waals surface area contributed by atoms with Crippen LogP contribution in [0, 0.1) is 23.5 Å². The molecule has 140 valence electrons. The van der Waals surface area contributed by atoms with Gasteiger partial charge in [0, 0.05) is 25.7 Å². The predicted molar refractivity (Wildman–Crippen MR) is 95.9 cm³/mol. The van der Waals surface area contributed by atoms with Crippen LogP contribution in [0.15, 0.2) is 30.9 Å². The van der Waals surface area contributed by atoms with Crippen LogP contribution < -0.4 is 0 Å². The molecule has 0 spiro atoms. The topological polar surface area (TPSA) is 43.2 Å². The highest BCUT2D eigenvalue weighted by atomic mass is 19.1. The Bertz CT molecular complexity index is 738. The summed E-state index contributed by atoms with van der Waals surface area (Å²) in [5.41, 5.74) is 0.197. The number of benzene rings is 1. The molecule has 1 fully saturated rings. The highest BCUT2D eigenvalue weighted by molar-refractivity contribution is 5.70. The summed E-state index contributed by atoms with van der Waals surface area (Å²) >= 11 is 0. The van der Waals surface area contributed by atoms with Crippen LogP contribution in [0.2, 0.25) is 0 Å². The third kappa shape index (κ3) is 4.88. The minimum Gasteiger partial charge on any atom is -0.490 e. The van der Waals surface area contributed by atoms with Crippen LogP contribution in [0.1, 0.15) is 25.8 Å². The maximum Gasteiger partial charge on any atom is 0.147 e. The van der Waals surface area contributed by atoms with Crippen molar-refractivity contribution in [3.63, 3.8) is 0 Å². The standard InChI is InChI=1S/C19H24F2N4O/c1-14-7-15(2)10-24(9-14)5-6-26-19(11-25-13-22-12-23-25)17-4-3-16(20)8-18(17)21/h3-4,8,11-15H,5-7,9-10H2,1-2H3/b19-11+. The molecule has 0 saturated carbocycles. The molecule has 0 aliphatic carbocycles. The first kappa shape index (κ1) is 18.5. The number of hydrogen-bond donors (Lipinski definition) is 0. The zero-order valence-corrected chi connectivity index (χ0v) is 15.1. The molecular formula is C19H24F2N4O. The average molecular weight is 362 g/mol. The maximum absolute atomic E-state index is 14.2. The summed E-state index contributed by atoms with van der Waals surface area (Å²) in [5.74, 6) is 0.335. The summed E-state index contributed by atoms with van der Waals surface area (Å²) in [6.07, 6.45) is 5.66. The molecular weight excluding hydrogens is 338 g/mol. The van der Waals surface area contributed by atoms with Gasteiger partial charge in [0.1, 0.15) is 36.7 Å². The highest BCUT2D eigenvalue weighted by Crippen LogP contribution is 2.23. The van der Waals surface area contributed by atoms with Crippen molar-refractivity contribution in [2.45, 2.75) is 20.3 Å². The second-order valence-corrected chi connectivity index (χ2v) is 7.05. The first-order valence-electron chi connectivity index (χ1n) is 8.87. The van der Waals surface area contributed by atoms with E-state index in [0.717, 1.165) is 25.7 Å². The first-order valence-corrected chi connectivity index (χ1v) is 8.87. The molecule has 0 bridgehead atoms. The quantitative estimate of drug-likeness (QED) is 0.738. The van der Waals surface area contributed by atoms with Crippen LogP contribution in [0.25, 0.3) is 12.0 Å². The summed E-state index contributed by atoms with van der Waals surface area (Å²) in [6.45, 7) is 7.77. The van der Waals surface area contributed by atoms with E-state index in [4.69, 9.17) is 4.74 Å². The van der Waals surface area contributed by atoms with Crippen LogP contribution >= 0.6 is 0 Å². The molecule has 5 nitrogen and oxygen atoms in total. The molecule has 2 heterocycles. The predicted octanol–water partition coefficient (Wildman–Crippen LogP) is 3.51. The third-order valence-electron chi connectivity index (χ3n) is 4.49. The molecule has 2 atom stereocenters. The van der Waals surface area contributed by atoms with Crippen molar-refractivity contribution < 1.29 is 13.5 Å². The molecule has 26 heavy (non-hydrogen) atoms. The lowest BCUT2D eigenvalue weighted by Crippen LogP contribution is -2.40. The number of nitrogens with zero attached hydrogens (tertiary/aromatic N) is 4. The zero-order valence-electron chi connectivity index (χ0n) is 15.1. The Kier molecular flexibility index (Phi) is 5.98. The molecule has 0 N–H and O–H groups in total. The van der Waals surface area contributed by atoms with Gasteiger partial charge in [-0.05, 0) is 30.4 Å². The third-order valence-corrected chi connectivity index (χ3v) is 4.49. The number of ether oxygens (including phenoxy) is 1. The summed E-state index contributed by atoms with van der Waals surface area (Å²) in [4.78, 5) is 6.23. The van der Waals surface area contributed by atoms with Crippen molar-refractivity contribution >= 4 is 12.0 Å². The fraction of sp³-hybridized carbons (Fsp3) is 0.474. The zero-order chi connectivity index (χ0) is 18.5. The number of piperidine rings is 1. The number of hydrogen-bond acceptors (Lipinski definition) is 4. The number of rotatable bonds is 6. The Morgan fingerprint density at radius 3 is 2.69 bits per heavy atom. The molecule has 7 heteroatoms. The normalized spacial score (nSPS) is 21.8. The Hall–Kier alpha value is -2.28. The van der Waals surface area contributed by atoms with E-state index in [1.165, 1.54) is 35.9 Å². The van der Waals surface area contributed by atoms with Gasteiger partial charge >= 0.3 is 0 Å². The fourth-order valence-electron chi connectivity index (χ4n) is 3.54. The Morgan fingerprint density at radius 1 is 1.27 bits per heavy atom. The van der Waals surface area contributed by atoms with Crippen LogP contribution in [0.4, 0.5) is 8.78 Å². The molecule has 2 unspecified atom stereocenters. The summed E-state index contributed by atoms with van der Waals surface area (Å²) in [6, 6.07) is 3.44. The van der Waals surface area contributed by atoms with E-state index in [-0.39, 0.29) is 5.56 Å². The highest BCUT2D eigenvalue weighted by Gasteiger charge is 2.21. The van der Waals surface area contributed by atoms with Gasteiger partial charge in [0.25, 0.3) is 0 Å². The fourth-order valence-corrected chi connectivity index (χ4v) is 3.54. The minimum atomic E-state index is -0.670. The van der Waals surface area contributed by atoms with Gasteiger partial charge in [-0.25, -0.2) is 18.4 Å². The smallest absolute Gasteiger partial charge is 0.147 e. The van der Waals surface area contributed by atoms with Crippen molar-refractivity contribution in [1.82, 2.24) is 19.7 Å². The number of halogens is 2. The van der Waals surface area contributed by atoms with E-state index in [9.17, 15) is 8.78 Å². The second-order valence-electron chi connectivity index (χ2n) is 7.05. The first-order chi connectivity index (χ1) is 12.5. The lowest BCUT2D eigenvalue weighted by Gasteiger charge is -2.34. The molecule has 1 saturated heterocycles. The Balaban J connectivity index is 1.70. The van der Waals surface area contributed by atoms with Gasteiger partial charge in [-0.1, -0.05) is 13.8 Å².